The Bertz CT molecular complexity index is 913. The molecular weight excluding hydrogens is 346 g/mol. The number of pyridine rings is 1. The standard InChI is InChI=1S/C19H19N5O3/c25-19(23-11-15-12-26-16-5-1-2-6-17(16)27-15)22-10-14-4-3-7-21-18(14)24-9-8-20-13-24/h1-9,13,15H,10-12H2,(H2,22,23,25)/t15-/m1/s1. The van der Waals surface area contributed by atoms with Gasteiger partial charge in [0, 0.05) is 30.7 Å². The van der Waals surface area contributed by atoms with Gasteiger partial charge in [0.25, 0.3) is 0 Å². The fraction of sp³-hybridized carbons (Fsp3) is 0.211. The number of fused-ring (bicyclic) bond motifs is 1. The Hall–Kier alpha value is -3.55. The SMILES string of the molecule is O=C(NCc1cccnc1-n1ccnc1)NC[C@@H]1COc2ccccc2O1. The molecule has 0 fully saturated rings. The van der Waals surface area contributed by atoms with Crippen molar-refractivity contribution in [1.82, 2.24) is 25.2 Å². The molecule has 3 aromatic rings. The first-order valence-electron chi connectivity index (χ1n) is 8.62. The highest BCUT2D eigenvalue weighted by Crippen LogP contribution is 2.30. The van der Waals surface area contributed by atoms with Crippen molar-refractivity contribution in [2.45, 2.75) is 12.6 Å². The number of rotatable bonds is 5. The third-order valence-electron chi connectivity index (χ3n) is 4.11. The molecule has 1 aliphatic heterocycles. The van der Waals surface area contributed by atoms with Gasteiger partial charge in [-0.25, -0.2) is 14.8 Å². The number of benzene rings is 1. The second-order valence-electron chi connectivity index (χ2n) is 6.02. The number of amides is 2. The minimum atomic E-state index is -0.280. The van der Waals surface area contributed by atoms with Gasteiger partial charge < -0.3 is 20.1 Å². The van der Waals surface area contributed by atoms with Gasteiger partial charge >= 0.3 is 6.03 Å². The predicted molar refractivity (Wildman–Crippen MR) is 98.0 cm³/mol. The fourth-order valence-electron chi connectivity index (χ4n) is 2.79. The number of ether oxygens (including phenoxy) is 2. The number of hydrogen-bond acceptors (Lipinski definition) is 5. The van der Waals surface area contributed by atoms with E-state index < -0.39 is 0 Å². The molecule has 2 N–H and O–H groups in total. The molecule has 1 aliphatic rings. The first-order chi connectivity index (χ1) is 13.3. The third-order valence-corrected chi connectivity index (χ3v) is 4.11. The van der Waals surface area contributed by atoms with E-state index in [-0.39, 0.29) is 12.1 Å². The first kappa shape index (κ1) is 16.9. The van der Waals surface area contributed by atoms with E-state index in [9.17, 15) is 4.79 Å². The summed E-state index contributed by atoms with van der Waals surface area (Å²) < 4.78 is 13.3. The molecule has 0 bridgehead atoms. The summed E-state index contributed by atoms with van der Waals surface area (Å²) in [5.41, 5.74) is 0.886. The molecule has 2 aromatic heterocycles. The quantitative estimate of drug-likeness (QED) is 0.721. The van der Waals surface area contributed by atoms with Gasteiger partial charge in [0.2, 0.25) is 0 Å². The number of nitrogens with one attached hydrogen (secondary N) is 2. The van der Waals surface area contributed by atoms with Gasteiger partial charge in [-0.05, 0) is 18.2 Å². The number of hydrogen-bond donors (Lipinski definition) is 2. The van der Waals surface area contributed by atoms with Gasteiger partial charge in [0.15, 0.2) is 17.6 Å². The molecule has 0 radical (unpaired) electrons. The molecule has 138 valence electrons. The van der Waals surface area contributed by atoms with Crippen molar-refractivity contribution >= 4 is 6.03 Å². The Labute approximate surface area is 156 Å². The monoisotopic (exact) mass is 365 g/mol. The highest BCUT2D eigenvalue weighted by atomic mass is 16.6. The summed E-state index contributed by atoms with van der Waals surface area (Å²) in [5.74, 6) is 2.15. The van der Waals surface area contributed by atoms with Crippen molar-refractivity contribution in [3.05, 3.63) is 66.9 Å². The first-order valence-corrected chi connectivity index (χ1v) is 8.62. The van der Waals surface area contributed by atoms with E-state index >= 15 is 0 Å². The zero-order valence-corrected chi connectivity index (χ0v) is 14.5. The van der Waals surface area contributed by atoms with Crippen LogP contribution in [0.4, 0.5) is 4.79 Å². The van der Waals surface area contributed by atoms with Crippen molar-refractivity contribution in [3.63, 3.8) is 0 Å². The molecule has 27 heavy (non-hydrogen) atoms. The Morgan fingerprint density at radius 1 is 1.15 bits per heavy atom. The van der Waals surface area contributed by atoms with Gasteiger partial charge in [-0.1, -0.05) is 18.2 Å². The van der Waals surface area contributed by atoms with Crippen LogP contribution in [0.3, 0.4) is 0 Å². The molecule has 0 saturated carbocycles. The average molecular weight is 365 g/mol. The summed E-state index contributed by atoms with van der Waals surface area (Å²) in [5, 5.41) is 5.65. The van der Waals surface area contributed by atoms with Crippen LogP contribution in [0.1, 0.15) is 5.56 Å². The number of imidazole rings is 1. The molecule has 8 nitrogen and oxygen atoms in total. The molecule has 0 unspecified atom stereocenters. The van der Waals surface area contributed by atoms with Crippen molar-refractivity contribution in [2.24, 2.45) is 0 Å². The number of nitrogens with zero attached hydrogens (tertiary/aromatic N) is 3. The Kier molecular flexibility index (Phi) is 4.86. The van der Waals surface area contributed by atoms with E-state index in [0.717, 1.165) is 17.1 Å². The van der Waals surface area contributed by atoms with Crippen LogP contribution >= 0.6 is 0 Å². The molecule has 0 spiro atoms. The molecule has 2 amide bonds. The highest BCUT2D eigenvalue weighted by Gasteiger charge is 2.21. The van der Waals surface area contributed by atoms with Crippen molar-refractivity contribution < 1.29 is 14.3 Å². The smallest absolute Gasteiger partial charge is 0.315 e. The normalized spacial score (nSPS) is 15.2. The molecule has 1 atom stereocenters. The van der Waals surface area contributed by atoms with Gasteiger partial charge in [-0.3, -0.25) is 4.57 Å². The summed E-state index contributed by atoms with van der Waals surface area (Å²) in [7, 11) is 0. The Balaban J connectivity index is 1.29. The molecule has 0 saturated heterocycles. The lowest BCUT2D eigenvalue weighted by atomic mass is 10.2. The maximum Gasteiger partial charge on any atom is 0.315 e. The van der Waals surface area contributed by atoms with E-state index in [1.165, 1.54) is 0 Å². The average Bonchev–Trinajstić information content (AvgIpc) is 3.25. The van der Waals surface area contributed by atoms with Crippen LogP contribution in [0.2, 0.25) is 0 Å². The van der Waals surface area contributed by atoms with E-state index in [2.05, 4.69) is 20.6 Å². The maximum atomic E-state index is 12.1. The maximum absolute atomic E-state index is 12.1. The number of para-hydroxylation sites is 2. The van der Waals surface area contributed by atoms with E-state index in [0.29, 0.717) is 25.4 Å². The molecule has 3 heterocycles. The summed E-state index contributed by atoms with van der Waals surface area (Å²) in [6.07, 6.45) is 6.64. The van der Waals surface area contributed by atoms with Crippen LogP contribution in [0.15, 0.2) is 61.3 Å². The number of carbonyl (C=O) groups is 1. The summed E-state index contributed by atoms with van der Waals surface area (Å²) >= 11 is 0. The van der Waals surface area contributed by atoms with E-state index in [1.807, 2.05) is 42.6 Å². The van der Waals surface area contributed by atoms with Gasteiger partial charge in [0.1, 0.15) is 18.8 Å². The summed E-state index contributed by atoms with van der Waals surface area (Å²) in [6.45, 7) is 1.09. The van der Waals surface area contributed by atoms with E-state index in [1.54, 1.807) is 23.3 Å². The van der Waals surface area contributed by atoms with Crippen LogP contribution in [0.25, 0.3) is 5.82 Å². The third kappa shape index (κ3) is 4.00. The van der Waals surface area contributed by atoms with Crippen LogP contribution < -0.4 is 20.1 Å². The van der Waals surface area contributed by atoms with Crippen LogP contribution in [-0.2, 0) is 6.54 Å². The number of carbonyl (C=O) groups excluding carboxylic acids is 1. The van der Waals surface area contributed by atoms with Crippen LogP contribution in [-0.4, -0.2) is 39.8 Å². The van der Waals surface area contributed by atoms with Crippen LogP contribution in [0.5, 0.6) is 11.5 Å². The van der Waals surface area contributed by atoms with Gasteiger partial charge in [-0.15, -0.1) is 0 Å². The lowest BCUT2D eigenvalue weighted by Gasteiger charge is -2.26. The second kappa shape index (κ2) is 7.77. The van der Waals surface area contributed by atoms with Gasteiger partial charge in [-0.2, -0.15) is 0 Å². The molecule has 1 aromatic carbocycles. The Morgan fingerprint density at radius 3 is 2.89 bits per heavy atom. The minimum absolute atomic E-state index is 0.231. The predicted octanol–water partition coefficient (Wildman–Crippen LogP) is 1.91. The molecule has 8 heteroatoms. The number of aromatic nitrogens is 3. The van der Waals surface area contributed by atoms with Crippen molar-refractivity contribution in [3.8, 4) is 17.3 Å². The molecule has 4 rings (SSSR count). The van der Waals surface area contributed by atoms with Gasteiger partial charge in [0.05, 0.1) is 6.54 Å². The lowest BCUT2D eigenvalue weighted by molar-refractivity contribution is 0.0918. The van der Waals surface area contributed by atoms with E-state index in [4.69, 9.17) is 9.47 Å². The second-order valence-corrected chi connectivity index (χ2v) is 6.02. The molecular formula is C19H19N5O3. The fourth-order valence-corrected chi connectivity index (χ4v) is 2.79. The van der Waals surface area contributed by atoms with Crippen molar-refractivity contribution in [1.29, 1.82) is 0 Å². The number of urea groups is 1. The zero-order valence-electron chi connectivity index (χ0n) is 14.5. The summed E-state index contributed by atoms with van der Waals surface area (Å²) in [6, 6.07) is 11.0. The topological polar surface area (TPSA) is 90.3 Å². The lowest BCUT2D eigenvalue weighted by Crippen LogP contribution is -2.44. The largest absolute Gasteiger partial charge is 0.486 e. The Morgan fingerprint density at radius 2 is 2.04 bits per heavy atom. The molecule has 0 aliphatic carbocycles. The zero-order chi connectivity index (χ0) is 18.5. The summed E-state index contributed by atoms with van der Waals surface area (Å²) in [4.78, 5) is 20.5. The highest BCUT2D eigenvalue weighted by molar-refractivity contribution is 5.74. The van der Waals surface area contributed by atoms with Crippen molar-refractivity contribution in [2.75, 3.05) is 13.2 Å². The minimum Gasteiger partial charge on any atom is -0.486 e. The van der Waals surface area contributed by atoms with Crippen LogP contribution in [0, 0.1) is 0 Å².